The molecule has 1 atom stereocenters. The first-order chi connectivity index (χ1) is 18.9. The number of benzene rings is 3. The zero-order chi connectivity index (χ0) is 29.0. The molecule has 2 nitrogen and oxygen atoms in total. The third-order valence-corrected chi connectivity index (χ3v) is 6.84. The summed E-state index contributed by atoms with van der Waals surface area (Å²) in [6, 6.07) is 6.14. The SMILES string of the molecule is CCOc1ccc2c(c1F)C(F)(F)C(F)(F)c1c-2ccc(C#Cc2ccc(C3CC=C(C)CO3)c(F)c2F)c1F. The van der Waals surface area contributed by atoms with Crippen LogP contribution in [0.3, 0.4) is 0 Å². The molecule has 0 radical (unpaired) electrons. The van der Waals surface area contributed by atoms with Gasteiger partial charge in [0.15, 0.2) is 23.2 Å². The topological polar surface area (TPSA) is 18.5 Å². The standard InChI is InChI=1S/C30H20F8O2/c1-3-39-22-13-11-19-18-9-7-16(25(31)23(18)29(35,36)30(37,38)24(19)28(22)34)5-6-17-8-10-20(27(33)26(17)32)21-12-4-15(2)14-40-21/h4,7-11,13,21H,3,12,14H2,1-2H3. The van der Waals surface area contributed by atoms with Crippen molar-refractivity contribution in [2.24, 2.45) is 0 Å². The Morgan fingerprint density at radius 1 is 0.800 bits per heavy atom. The fourth-order valence-corrected chi connectivity index (χ4v) is 4.80. The minimum atomic E-state index is -5.17. The molecule has 0 spiro atoms. The summed E-state index contributed by atoms with van der Waals surface area (Å²) in [4.78, 5) is 0. The van der Waals surface area contributed by atoms with Crippen molar-refractivity contribution in [2.75, 3.05) is 13.2 Å². The number of rotatable bonds is 3. The molecular weight excluding hydrogens is 544 g/mol. The molecule has 0 N–H and O–H groups in total. The molecule has 208 valence electrons. The van der Waals surface area contributed by atoms with Crippen LogP contribution in [0.15, 0.2) is 48.0 Å². The average molecular weight is 564 g/mol. The minimum Gasteiger partial charge on any atom is -0.491 e. The molecule has 10 heteroatoms. The van der Waals surface area contributed by atoms with E-state index in [1.165, 1.54) is 13.0 Å². The van der Waals surface area contributed by atoms with E-state index in [1.807, 2.05) is 13.0 Å². The summed E-state index contributed by atoms with van der Waals surface area (Å²) in [5.41, 5.74) is -4.96. The van der Waals surface area contributed by atoms with Crippen LogP contribution in [0.25, 0.3) is 11.1 Å². The van der Waals surface area contributed by atoms with Crippen molar-refractivity contribution in [1.82, 2.24) is 0 Å². The Morgan fingerprint density at radius 3 is 1.98 bits per heavy atom. The van der Waals surface area contributed by atoms with E-state index in [1.54, 1.807) is 0 Å². The third kappa shape index (κ3) is 4.24. The molecule has 2 aliphatic rings. The van der Waals surface area contributed by atoms with E-state index >= 15 is 22.0 Å². The Hall–Kier alpha value is -3.84. The molecule has 3 aromatic rings. The lowest BCUT2D eigenvalue weighted by atomic mass is 9.79. The van der Waals surface area contributed by atoms with Gasteiger partial charge in [-0.15, -0.1) is 0 Å². The van der Waals surface area contributed by atoms with Gasteiger partial charge in [-0.05, 0) is 55.7 Å². The van der Waals surface area contributed by atoms with Crippen LogP contribution in [0.2, 0.25) is 0 Å². The molecule has 1 aliphatic heterocycles. The Balaban J connectivity index is 1.57. The molecule has 0 amide bonds. The molecule has 0 aromatic heterocycles. The van der Waals surface area contributed by atoms with Gasteiger partial charge in [-0.25, -0.2) is 17.6 Å². The lowest BCUT2D eigenvalue weighted by molar-refractivity contribution is -0.227. The highest BCUT2D eigenvalue weighted by Gasteiger charge is 2.65. The van der Waals surface area contributed by atoms with E-state index in [0.29, 0.717) is 6.42 Å². The number of alkyl halides is 4. The monoisotopic (exact) mass is 564 g/mol. The molecule has 0 bridgehead atoms. The second-order valence-corrected chi connectivity index (χ2v) is 9.40. The van der Waals surface area contributed by atoms with Crippen LogP contribution in [0.1, 0.15) is 54.2 Å². The first kappa shape index (κ1) is 27.7. The van der Waals surface area contributed by atoms with Gasteiger partial charge in [0.05, 0.1) is 41.6 Å². The van der Waals surface area contributed by atoms with Gasteiger partial charge < -0.3 is 9.47 Å². The van der Waals surface area contributed by atoms with Crippen LogP contribution < -0.4 is 4.74 Å². The first-order valence-electron chi connectivity index (χ1n) is 12.2. The van der Waals surface area contributed by atoms with Gasteiger partial charge in [0.25, 0.3) is 0 Å². The summed E-state index contributed by atoms with van der Waals surface area (Å²) in [5, 5.41) is 0. The van der Waals surface area contributed by atoms with Crippen molar-refractivity contribution in [2.45, 2.75) is 38.2 Å². The van der Waals surface area contributed by atoms with Gasteiger partial charge in [0, 0.05) is 5.56 Å². The second-order valence-electron chi connectivity index (χ2n) is 9.40. The lowest BCUT2D eigenvalue weighted by Gasteiger charge is -2.35. The zero-order valence-corrected chi connectivity index (χ0v) is 21.1. The maximum atomic E-state index is 15.4. The zero-order valence-electron chi connectivity index (χ0n) is 21.1. The highest BCUT2D eigenvalue weighted by Crippen LogP contribution is 2.60. The number of hydrogen-bond acceptors (Lipinski definition) is 2. The van der Waals surface area contributed by atoms with E-state index in [-0.39, 0.29) is 18.8 Å². The lowest BCUT2D eigenvalue weighted by Crippen LogP contribution is -2.41. The highest BCUT2D eigenvalue weighted by atomic mass is 19.3. The molecule has 5 rings (SSSR count). The van der Waals surface area contributed by atoms with Gasteiger partial charge in [-0.1, -0.05) is 35.6 Å². The normalized spacial score (nSPS) is 18.6. The molecule has 0 saturated carbocycles. The second kappa shape index (κ2) is 9.97. The number of fused-ring (bicyclic) bond motifs is 3. The summed E-state index contributed by atoms with van der Waals surface area (Å²) in [6.45, 7) is 3.43. The number of halogens is 8. The van der Waals surface area contributed by atoms with Crippen molar-refractivity contribution in [1.29, 1.82) is 0 Å². The van der Waals surface area contributed by atoms with Gasteiger partial charge in [-0.2, -0.15) is 17.6 Å². The number of hydrogen-bond donors (Lipinski definition) is 0. The van der Waals surface area contributed by atoms with Crippen LogP contribution in [-0.2, 0) is 16.6 Å². The summed E-state index contributed by atoms with van der Waals surface area (Å²) in [5.74, 6) is -12.7. The molecule has 40 heavy (non-hydrogen) atoms. The summed E-state index contributed by atoms with van der Waals surface area (Å²) >= 11 is 0. The van der Waals surface area contributed by atoms with E-state index < -0.39 is 80.3 Å². The molecular formula is C30H20F8O2. The molecule has 0 saturated heterocycles. The van der Waals surface area contributed by atoms with E-state index in [4.69, 9.17) is 9.47 Å². The largest absolute Gasteiger partial charge is 0.491 e. The quantitative estimate of drug-likeness (QED) is 0.181. The first-order valence-corrected chi connectivity index (χ1v) is 12.2. The van der Waals surface area contributed by atoms with Crippen LogP contribution in [-0.4, -0.2) is 13.2 Å². The smallest absolute Gasteiger partial charge is 0.343 e. The molecule has 1 unspecified atom stereocenters. The van der Waals surface area contributed by atoms with Crippen molar-refractivity contribution in [3.05, 3.63) is 99.1 Å². The van der Waals surface area contributed by atoms with Gasteiger partial charge in [0.1, 0.15) is 5.82 Å². The van der Waals surface area contributed by atoms with Crippen molar-refractivity contribution in [3.63, 3.8) is 0 Å². The van der Waals surface area contributed by atoms with Crippen LogP contribution in [0.4, 0.5) is 35.1 Å². The fraction of sp³-hybridized carbons (Fsp3) is 0.267. The molecule has 0 fully saturated rings. The van der Waals surface area contributed by atoms with Crippen molar-refractivity contribution < 1.29 is 44.6 Å². The van der Waals surface area contributed by atoms with E-state index in [2.05, 4.69) is 11.8 Å². The molecule has 3 aromatic carbocycles. The summed E-state index contributed by atoms with van der Waals surface area (Å²) in [7, 11) is 0. The number of ether oxygens (including phenoxy) is 2. The maximum absolute atomic E-state index is 15.4. The van der Waals surface area contributed by atoms with Gasteiger partial charge in [-0.3, -0.25) is 0 Å². The van der Waals surface area contributed by atoms with Crippen LogP contribution >= 0.6 is 0 Å². The minimum absolute atomic E-state index is 0.0490. The van der Waals surface area contributed by atoms with Gasteiger partial charge in [0.2, 0.25) is 0 Å². The van der Waals surface area contributed by atoms with E-state index in [9.17, 15) is 13.2 Å². The van der Waals surface area contributed by atoms with Crippen LogP contribution in [0.5, 0.6) is 5.75 Å². The maximum Gasteiger partial charge on any atom is 0.343 e. The fourth-order valence-electron chi connectivity index (χ4n) is 4.80. The Morgan fingerprint density at radius 2 is 1.38 bits per heavy atom. The predicted molar refractivity (Wildman–Crippen MR) is 130 cm³/mol. The predicted octanol–water partition coefficient (Wildman–Crippen LogP) is 8.31. The average Bonchev–Trinajstić information content (AvgIpc) is 2.90. The highest BCUT2D eigenvalue weighted by molar-refractivity contribution is 5.78. The molecule has 1 aliphatic carbocycles. The van der Waals surface area contributed by atoms with E-state index in [0.717, 1.165) is 35.9 Å². The summed E-state index contributed by atoms with van der Waals surface area (Å²) < 4.78 is 131. The Kier molecular flexibility index (Phi) is 6.91. The Labute approximate surface area is 224 Å². The molecule has 1 heterocycles. The van der Waals surface area contributed by atoms with Crippen LogP contribution in [0, 0.1) is 35.1 Å². The van der Waals surface area contributed by atoms with Crippen molar-refractivity contribution in [3.8, 4) is 28.7 Å². The summed E-state index contributed by atoms with van der Waals surface area (Å²) in [6.07, 6.45) is 1.44. The van der Waals surface area contributed by atoms with Gasteiger partial charge >= 0.3 is 11.8 Å². The Bertz CT molecular complexity index is 1610. The third-order valence-electron chi connectivity index (χ3n) is 6.84. The van der Waals surface area contributed by atoms with Crippen molar-refractivity contribution >= 4 is 0 Å².